The average molecular weight is 286 g/mol. The van der Waals surface area contributed by atoms with Crippen LogP contribution in [-0.4, -0.2) is 29.2 Å². The first-order chi connectivity index (χ1) is 9.78. The van der Waals surface area contributed by atoms with Crippen LogP contribution in [0.25, 0.3) is 0 Å². The van der Waals surface area contributed by atoms with Gasteiger partial charge in [-0.2, -0.15) is 16.6 Å². The van der Waals surface area contributed by atoms with Crippen LogP contribution in [0, 0.1) is 11.3 Å². The Morgan fingerprint density at radius 1 is 1.40 bits per heavy atom. The van der Waals surface area contributed by atoms with E-state index in [9.17, 15) is 0 Å². The minimum Gasteiger partial charge on any atom is -0.367 e. The second-order valence-electron chi connectivity index (χ2n) is 4.74. The Morgan fingerprint density at radius 3 is 3.00 bits per heavy atom. The van der Waals surface area contributed by atoms with E-state index < -0.39 is 0 Å². The van der Waals surface area contributed by atoms with Gasteiger partial charge >= 0.3 is 0 Å². The van der Waals surface area contributed by atoms with Crippen LogP contribution >= 0.6 is 11.3 Å². The van der Waals surface area contributed by atoms with Gasteiger partial charge in [0, 0.05) is 18.9 Å². The fraction of sp³-hybridized carbons (Fsp3) is 0.357. The summed E-state index contributed by atoms with van der Waals surface area (Å²) in [5.74, 6) is 0.644. The molecule has 1 aliphatic rings. The summed E-state index contributed by atoms with van der Waals surface area (Å²) in [4.78, 5) is 10.5. The third kappa shape index (κ3) is 2.50. The second kappa shape index (κ2) is 5.57. The molecule has 0 radical (unpaired) electrons. The zero-order chi connectivity index (χ0) is 13.9. The van der Waals surface area contributed by atoms with Crippen molar-refractivity contribution in [1.29, 1.82) is 5.26 Å². The molecule has 0 N–H and O–H groups in total. The molecule has 102 valence electrons. The molecular formula is C14H14N4OS. The Morgan fingerprint density at radius 2 is 2.25 bits per heavy atom. The number of nitrogens with zero attached hydrogens (tertiary/aromatic N) is 4. The number of anilines is 1. The Kier molecular flexibility index (Phi) is 3.63. The van der Waals surface area contributed by atoms with Gasteiger partial charge in [0.2, 0.25) is 0 Å². The number of nitriles is 1. The van der Waals surface area contributed by atoms with Gasteiger partial charge in [0.15, 0.2) is 11.5 Å². The first kappa shape index (κ1) is 13.0. The van der Waals surface area contributed by atoms with Crippen molar-refractivity contribution in [3.05, 3.63) is 40.5 Å². The van der Waals surface area contributed by atoms with Gasteiger partial charge < -0.3 is 9.64 Å². The molecule has 1 saturated heterocycles. The van der Waals surface area contributed by atoms with Crippen LogP contribution in [0.3, 0.4) is 0 Å². The van der Waals surface area contributed by atoms with E-state index in [0.717, 1.165) is 0 Å². The molecule has 3 rings (SSSR count). The van der Waals surface area contributed by atoms with Gasteiger partial charge in [-0.15, -0.1) is 0 Å². The van der Waals surface area contributed by atoms with Crippen LogP contribution < -0.4 is 4.90 Å². The monoisotopic (exact) mass is 286 g/mol. The van der Waals surface area contributed by atoms with Gasteiger partial charge in [-0.3, -0.25) is 0 Å². The molecule has 0 unspecified atom stereocenters. The van der Waals surface area contributed by atoms with E-state index in [1.165, 1.54) is 5.56 Å². The number of morpholine rings is 1. The Labute approximate surface area is 121 Å². The lowest BCUT2D eigenvalue weighted by Crippen LogP contribution is -2.43. The highest BCUT2D eigenvalue weighted by molar-refractivity contribution is 7.07. The summed E-state index contributed by atoms with van der Waals surface area (Å²) in [6.07, 6.45) is 3.26. The number of thiophene rings is 1. The SMILES string of the molecule is C[C@H]1CN(c2nccnc2C#N)C[C@H](c2ccsc2)O1. The highest BCUT2D eigenvalue weighted by Crippen LogP contribution is 2.29. The molecule has 0 aliphatic carbocycles. The summed E-state index contributed by atoms with van der Waals surface area (Å²) < 4.78 is 5.99. The Balaban J connectivity index is 1.88. The zero-order valence-electron chi connectivity index (χ0n) is 11.1. The first-order valence-electron chi connectivity index (χ1n) is 6.41. The average Bonchev–Trinajstić information content (AvgIpc) is 3.01. The molecule has 0 saturated carbocycles. The van der Waals surface area contributed by atoms with E-state index in [4.69, 9.17) is 10.00 Å². The zero-order valence-corrected chi connectivity index (χ0v) is 11.9. The van der Waals surface area contributed by atoms with Gasteiger partial charge in [0.1, 0.15) is 12.2 Å². The summed E-state index contributed by atoms with van der Waals surface area (Å²) in [6, 6.07) is 4.18. The highest BCUT2D eigenvalue weighted by Gasteiger charge is 2.28. The fourth-order valence-corrected chi connectivity index (χ4v) is 3.11. The molecule has 2 atom stereocenters. The van der Waals surface area contributed by atoms with Crippen LogP contribution in [0.5, 0.6) is 0 Å². The van der Waals surface area contributed by atoms with Gasteiger partial charge in [-0.05, 0) is 29.3 Å². The van der Waals surface area contributed by atoms with Gasteiger partial charge in [-0.1, -0.05) is 0 Å². The van der Waals surface area contributed by atoms with Crippen molar-refractivity contribution < 1.29 is 4.74 Å². The standard InChI is InChI=1S/C14H14N4OS/c1-10-7-18(14-12(6-15)16-3-4-17-14)8-13(19-10)11-2-5-20-9-11/h2-5,9-10,13H,7-8H2,1H3/t10-,13+/m0/s1. The van der Waals surface area contributed by atoms with E-state index in [1.807, 2.05) is 12.3 Å². The van der Waals surface area contributed by atoms with Crippen molar-refractivity contribution in [2.45, 2.75) is 19.1 Å². The lowest BCUT2D eigenvalue weighted by molar-refractivity contribution is -0.0174. The van der Waals surface area contributed by atoms with E-state index >= 15 is 0 Å². The molecule has 2 aromatic heterocycles. The molecule has 20 heavy (non-hydrogen) atoms. The third-order valence-electron chi connectivity index (χ3n) is 3.26. The number of ether oxygens (including phenoxy) is 1. The molecule has 0 bridgehead atoms. The number of hydrogen-bond donors (Lipinski definition) is 0. The molecule has 0 amide bonds. The molecule has 5 nitrogen and oxygen atoms in total. The maximum Gasteiger partial charge on any atom is 0.183 e. The van der Waals surface area contributed by atoms with E-state index in [-0.39, 0.29) is 12.2 Å². The van der Waals surface area contributed by atoms with Crippen molar-refractivity contribution in [3.8, 4) is 6.07 Å². The fourth-order valence-electron chi connectivity index (χ4n) is 2.41. The lowest BCUT2D eigenvalue weighted by Gasteiger charge is -2.37. The Bertz CT molecular complexity index is 622. The largest absolute Gasteiger partial charge is 0.367 e. The number of rotatable bonds is 2. The van der Waals surface area contributed by atoms with E-state index in [1.54, 1.807) is 23.7 Å². The normalized spacial score (nSPS) is 22.5. The van der Waals surface area contributed by atoms with Crippen LogP contribution in [-0.2, 0) is 4.74 Å². The molecule has 3 heterocycles. The highest BCUT2D eigenvalue weighted by atomic mass is 32.1. The van der Waals surface area contributed by atoms with Crippen molar-refractivity contribution >= 4 is 17.2 Å². The summed E-state index contributed by atoms with van der Waals surface area (Å²) in [5.41, 5.74) is 1.54. The summed E-state index contributed by atoms with van der Waals surface area (Å²) in [6.45, 7) is 3.44. The van der Waals surface area contributed by atoms with E-state index in [2.05, 4.69) is 32.4 Å². The van der Waals surface area contributed by atoms with Gasteiger partial charge in [0.05, 0.1) is 12.6 Å². The minimum absolute atomic E-state index is 0.0125. The molecule has 2 aromatic rings. The van der Waals surface area contributed by atoms with Crippen LogP contribution in [0.4, 0.5) is 5.82 Å². The van der Waals surface area contributed by atoms with Crippen molar-refractivity contribution in [1.82, 2.24) is 9.97 Å². The maximum absolute atomic E-state index is 9.16. The van der Waals surface area contributed by atoms with Crippen molar-refractivity contribution in [2.24, 2.45) is 0 Å². The summed E-state index contributed by atoms with van der Waals surface area (Å²) in [7, 11) is 0. The molecule has 0 aromatic carbocycles. The molecule has 1 fully saturated rings. The Hall–Kier alpha value is -1.97. The minimum atomic E-state index is 0.0125. The van der Waals surface area contributed by atoms with Gasteiger partial charge in [-0.25, -0.2) is 9.97 Å². The number of hydrogen-bond acceptors (Lipinski definition) is 6. The van der Waals surface area contributed by atoms with E-state index in [0.29, 0.717) is 24.6 Å². The molecule has 0 spiro atoms. The molecule has 6 heteroatoms. The summed E-state index contributed by atoms with van der Waals surface area (Å²) in [5, 5.41) is 13.3. The summed E-state index contributed by atoms with van der Waals surface area (Å²) >= 11 is 1.66. The first-order valence-corrected chi connectivity index (χ1v) is 7.36. The third-order valence-corrected chi connectivity index (χ3v) is 3.96. The quantitative estimate of drug-likeness (QED) is 0.848. The van der Waals surface area contributed by atoms with Crippen molar-refractivity contribution in [3.63, 3.8) is 0 Å². The topological polar surface area (TPSA) is 62.0 Å². The van der Waals surface area contributed by atoms with Crippen LogP contribution in [0.15, 0.2) is 29.2 Å². The predicted octanol–water partition coefficient (Wildman–Crippen LogP) is 2.38. The van der Waals surface area contributed by atoms with Crippen LogP contribution in [0.2, 0.25) is 0 Å². The molecular weight excluding hydrogens is 272 g/mol. The predicted molar refractivity (Wildman–Crippen MR) is 76.6 cm³/mol. The number of aromatic nitrogens is 2. The van der Waals surface area contributed by atoms with Gasteiger partial charge in [0.25, 0.3) is 0 Å². The van der Waals surface area contributed by atoms with Crippen LogP contribution in [0.1, 0.15) is 24.3 Å². The second-order valence-corrected chi connectivity index (χ2v) is 5.52. The van der Waals surface area contributed by atoms with Crippen molar-refractivity contribution in [2.75, 3.05) is 18.0 Å². The molecule has 1 aliphatic heterocycles. The maximum atomic E-state index is 9.16. The smallest absolute Gasteiger partial charge is 0.183 e. The lowest BCUT2D eigenvalue weighted by atomic mass is 10.1.